The van der Waals surface area contributed by atoms with Crippen LogP contribution < -0.4 is 0 Å². The number of allylic oxidation sites excluding steroid dienone is 3. The molecule has 0 aliphatic rings. The van der Waals surface area contributed by atoms with E-state index < -0.39 is 0 Å². The lowest BCUT2D eigenvalue weighted by Gasteiger charge is -2.31. The standard InChI is InChI=1S/C17H29N/c1-6-10-13-17(5,14-11-7-2)16(12-8-3)15-18-9-4/h8-9,12,15H,3-4,6-7,10-11,13-14H2,1-2,5H3/b16-12+,18-15-. The highest BCUT2D eigenvalue weighted by atomic mass is 14.7. The molecule has 0 atom stereocenters. The molecule has 0 aromatic heterocycles. The first-order valence-corrected chi connectivity index (χ1v) is 7.11. The number of hydrogen-bond donors (Lipinski definition) is 0. The summed E-state index contributed by atoms with van der Waals surface area (Å²) in [6.07, 6.45) is 14.9. The van der Waals surface area contributed by atoms with Gasteiger partial charge in [-0.2, -0.15) is 0 Å². The summed E-state index contributed by atoms with van der Waals surface area (Å²) < 4.78 is 0. The minimum Gasteiger partial charge on any atom is -0.265 e. The van der Waals surface area contributed by atoms with Gasteiger partial charge in [0.05, 0.1) is 0 Å². The van der Waals surface area contributed by atoms with Crippen LogP contribution in [0.2, 0.25) is 0 Å². The monoisotopic (exact) mass is 247 g/mol. The number of hydrogen-bond acceptors (Lipinski definition) is 1. The first-order chi connectivity index (χ1) is 8.64. The summed E-state index contributed by atoms with van der Waals surface area (Å²) >= 11 is 0. The summed E-state index contributed by atoms with van der Waals surface area (Å²) in [5.74, 6) is 0. The second kappa shape index (κ2) is 9.87. The Balaban J connectivity index is 5.06. The maximum Gasteiger partial charge on any atom is 0.0305 e. The molecule has 0 unspecified atom stereocenters. The molecule has 0 aliphatic carbocycles. The first kappa shape index (κ1) is 16.9. The molecule has 102 valence electrons. The molecule has 0 aromatic carbocycles. The van der Waals surface area contributed by atoms with Crippen LogP contribution in [0.3, 0.4) is 0 Å². The fraction of sp³-hybridized carbons (Fsp3) is 0.588. The molecule has 0 heterocycles. The number of rotatable bonds is 10. The largest absolute Gasteiger partial charge is 0.265 e. The van der Waals surface area contributed by atoms with E-state index >= 15 is 0 Å². The van der Waals surface area contributed by atoms with Gasteiger partial charge in [-0.05, 0) is 23.8 Å². The Morgan fingerprint density at radius 2 is 1.67 bits per heavy atom. The zero-order valence-corrected chi connectivity index (χ0v) is 12.4. The van der Waals surface area contributed by atoms with Gasteiger partial charge in [0.2, 0.25) is 0 Å². The fourth-order valence-corrected chi connectivity index (χ4v) is 2.21. The summed E-state index contributed by atoms with van der Waals surface area (Å²) in [5.41, 5.74) is 1.49. The van der Waals surface area contributed by atoms with Crippen molar-refractivity contribution in [3.8, 4) is 0 Å². The summed E-state index contributed by atoms with van der Waals surface area (Å²) in [4.78, 5) is 4.20. The van der Waals surface area contributed by atoms with Crippen LogP contribution in [0.4, 0.5) is 0 Å². The molecule has 0 fully saturated rings. The molecule has 18 heavy (non-hydrogen) atoms. The predicted octanol–water partition coefficient (Wildman–Crippen LogP) is 5.70. The highest BCUT2D eigenvalue weighted by Gasteiger charge is 2.26. The molecule has 0 aromatic rings. The van der Waals surface area contributed by atoms with Crippen molar-refractivity contribution in [1.82, 2.24) is 0 Å². The third-order valence-corrected chi connectivity index (χ3v) is 3.48. The Hall–Kier alpha value is -1.11. The van der Waals surface area contributed by atoms with E-state index in [1.165, 1.54) is 44.1 Å². The normalized spacial score (nSPS) is 12.9. The molecule has 0 amide bonds. The van der Waals surface area contributed by atoms with Crippen LogP contribution >= 0.6 is 0 Å². The van der Waals surface area contributed by atoms with Crippen LogP contribution in [0, 0.1) is 5.41 Å². The highest BCUT2D eigenvalue weighted by Crippen LogP contribution is 2.37. The first-order valence-electron chi connectivity index (χ1n) is 7.11. The molecular weight excluding hydrogens is 218 g/mol. The topological polar surface area (TPSA) is 12.4 Å². The van der Waals surface area contributed by atoms with E-state index in [4.69, 9.17) is 0 Å². The van der Waals surface area contributed by atoms with Crippen molar-refractivity contribution < 1.29 is 0 Å². The average molecular weight is 247 g/mol. The van der Waals surface area contributed by atoms with E-state index in [9.17, 15) is 0 Å². The molecule has 0 aliphatic heterocycles. The van der Waals surface area contributed by atoms with Crippen molar-refractivity contribution in [2.45, 2.75) is 59.3 Å². The number of aliphatic imine (C=N–C) groups is 1. The van der Waals surface area contributed by atoms with Crippen molar-refractivity contribution in [2.75, 3.05) is 0 Å². The van der Waals surface area contributed by atoms with E-state index in [0.29, 0.717) is 0 Å². The van der Waals surface area contributed by atoms with Crippen LogP contribution in [0.1, 0.15) is 59.3 Å². The lowest BCUT2D eigenvalue weighted by Crippen LogP contribution is -2.20. The van der Waals surface area contributed by atoms with Crippen LogP contribution in [-0.2, 0) is 0 Å². The van der Waals surface area contributed by atoms with Gasteiger partial charge in [-0.1, -0.05) is 71.8 Å². The van der Waals surface area contributed by atoms with Gasteiger partial charge < -0.3 is 0 Å². The molecule has 0 spiro atoms. The van der Waals surface area contributed by atoms with Gasteiger partial charge >= 0.3 is 0 Å². The number of unbranched alkanes of at least 4 members (excludes halogenated alkanes) is 2. The van der Waals surface area contributed by atoms with E-state index in [1.54, 1.807) is 6.20 Å². The Kier molecular flexibility index (Phi) is 9.26. The predicted molar refractivity (Wildman–Crippen MR) is 84.1 cm³/mol. The van der Waals surface area contributed by atoms with E-state index in [2.05, 4.69) is 45.0 Å². The van der Waals surface area contributed by atoms with Gasteiger partial charge in [0.1, 0.15) is 0 Å². The molecule has 0 bridgehead atoms. The quantitative estimate of drug-likeness (QED) is 0.347. The van der Waals surface area contributed by atoms with Crippen molar-refractivity contribution in [2.24, 2.45) is 10.4 Å². The van der Waals surface area contributed by atoms with Crippen molar-refractivity contribution in [1.29, 1.82) is 0 Å². The highest BCUT2D eigenvalue weighted by molar-refractivity contribution is 5.81. The van der Waals surface area contributed by atoms with Crippen LogP contribution in [0.5, 0.6) is 0 Å². The zero-order chi connectivity index (χ0) is 13.9. The SMILES string of the molecule is C=C/C=C(\C=N/C=C)C(C)(CCCC)CCCC. The number of nitrogens with zero attached hydrogens (tertiary/aromatic N) is 1. The summed E-state index contributed by atoms with van der Waals surface area (Å²) in [6, 6.07) is 0. The molecule has 0 saturated heterocycles. The summed E-state index contributed by atoms with van der Waals surface area (Å²) in [5, 5.41) is 0. The van der Waals surface area contributed by atoms with Gasteiger partial charge in [0, 0.05) is 12.4 Å². The summed E-state index contributed by atoms with van der Waals surface area (Å²) in [7, 11) is 0. The second-order valence-corrected chi connectivity index (χ2v) is 5.09. The van der Waals surface area contributed by atoms with Crippen LogP contribution in [0.25, 0.3) is 0 Å². The Bertz CT molecular complexity index is 289. The van der Waals surface area contributed by atoms with Crippen molar-refractivity contribution in [3.05, 3.63) is 37.1 Å². The molecule has 1 nitrogen and oxygen atoms in total. The zero-order valence-electron chi connectivity index (χ0n) is 12.4. The van der Waals surface area contributed by atoms with Gasteiger partial charge in [0.15, 0.2) is 0 Å². The van der Waals surface area contributed by atoms with Gasteiger partial charge in [0.25, 0.3) is 0 Å². The third-order valence-electron chi connectivity index (χ3n) is 3.48. The Labute approximate surface area is 113 Å². The molecule has 1 heteroatoms. The van der Waals surface area contributed by atoms with Crippen molar-refractivity contribution in [3.63, 3.8) is 0 Å². The van der Waals surface area contributed by atoms with E-state index in [-0.39, 0.29) is 5.41 Å². The lowest BCUT2D eigenvalue weighted by atomic mass is 9.74. The maximum atomic E-state index is 4.20. The Morgan fingerprint density at radius 3 is 2.06 bits per heavy atom. The maximum absolute atomic E-state index is 4.20. The minimum absolute atomic E-state index is 0.215. The van der Waals surface area contributed by atoms with Gasteiger partial charge in [-0.3, -0.25) is 4.99 Å². The second-order valence-electron chi connectivity index (χ2n) is 5.09. The summed E-state index contributed by atoms with van der Waals surface area (Å²) in [6.45, 7) is 14.3. The molecule has 0 radical (unpaired) electrons. The molecule has 0 saturated carbocycles. The molecule has 0 N–H and O–H groups in total. The average Bonchev–Trinajstić information content (AvgIpc) is 2.38. The third kappa shape index (κ3) is 6.00. The fourth-order valence-electron chi connectivity index (χ4n) is 2.21. The van der Waals surface area contributed by atoms with Crippen molar-refractivity contribution >= 4 is 6.21 Å². The molecular formula is C17H29N. The van der Waals surface area contributed by atoms with Gasteiger partial charge in [-0.15, -0.1) is 0 Å². The van der Waals surface area contributed by atoms with Crippen LogP contribution in [-0.4, -0.2) is 6.21 Å². The minimum atomic E-state index is 0.215. The van der Waals surface area contributed by atoms with E-state index in [0.717, 1.165) is 0 Å². The van der Waals surface area contributed by atoms with Gasteiger partial charge in [-0.25, -0.2) is 0 Å². The lowest BCUT2D eigenvalue weighted by molar-refractivity contribution is 0.327. The van der Waals surface area contributed by atoms with E-state index in [1.807, 2.05) is 12.3 Å². The molecule has 0 rings (SSSR count). The Morgan fingerprint density at radius 1 is 1.11 bits per heavy atom. The smallest absolute Gasteiger partial charge is 0.0305 e. The van der Waals surface area contributed by atoms with Crippen LogP contribution in [0.15, 0.2) is 42.1 Å².